The maximum Gasteiger partial charge on any atom is 0.0858 e. The SMILES string of the molecule is CCOC(C)(CC)C(NN)c1cc(C)ccc1C. The van der Waals surface area contributed by atoms with Gasteiger partial charge in [-0.05, 0) is 45.2 Å². The Bertz CT molecular complexity index is 392. The molecule has 3 N–H and O–H groups in total. The van der Waals surface area contributed by atoms with Gasteiger partial charge in [-0.1, -0.05) is 30.7 Å². The predicted octanol–water partition coefficient (Wildman–Crippen LogP) is 3.01. The Morgan fingerprint density at radius 1 is 1.33 bits per heavy atom. The highest BCUT2D eigenvalue weighted by atomic mass is 16.5. The number of nitrogens with one attached hydrogen (secondary N) is 1. The molecular weight excluding hydrogens is 224 g/mol. The van der Waals surface area contributed by atoms with E-state index >= 15 is 0 Å². The fraction of sp³-hybridized carbons (Fsp3) is 0.600. The van der Waals surface area contributed by atoms with Crippen LogP contribution in [0.4, 0.5) is 0 Å². The quantitative estimate of drug-likeness (QED) is 0.602. The van der Waals surface area contributed by atoms with Crippen molar-refractivity contribution >= 4 is 0 Å². The first-order chi connectivity index (χ1) is 8.48. The van der Waals surface area contributed by atoms with Crippen LogP contribution in [-0.4, -0.2) is 12.2 Å². The Morgan fingerprint density at radius 2 is 2.00 bits per heavy atom. The molecule has 102 valence electrons. The van der Waals surface area contributed by atoms with Crippen LogP contribution in [0.15, 0.2) is 18.2 Å². The van der Waals surface area contributed by atoms with Crippen molar-refractivity contribution in [1.82, 2.24) is 5.43 Å². The van der Waals surface area contributed by atoms with Crippen molar-refractivity contribution in [1.29, 1.82) is 0 Å². The van der Waals surface area contributed by atoms with Crippen LogP contribution in [0.1, 0.15) is 49.9 Å². The van der Waals surface area contributed by atoms with Gasteiger partial charge in [-0.15, -0.1) is 0 Å². The van der Waals surface area contributed by atoms with Gasteiger partial charge >= 0.3 is 0 Å². The zero-order valence-corrected chi connectivity index (χ0v) is 12.2. The second-order valence-corrected chi connectivity index (χ2v) is 5.06. The van der Waals surface area contributed by atoms with Crippen molar-refractivity contribution in [3.05, 3.63) is 34.9 Å². The fourth-order valence-electron chi connectivity index (χ4n) is 2.39. The van der Waals surface area contributed by atoms with Gasteiger partial charge in [0, 0.05) is 6.61 Å². The van der Waals surface area contributed by atoms with Crippen LogP contribution in [-0.2, 0) is 4.74 Å². The van der Waals surface area contributed by atoms with Gasteiger partial charge in [0.1, 0.15) is 0 Å². The van der Waals surface area contributed by atoms with Crippen molar-refractivity contribution in [2.75, 3.05) is 6.61 Å². The topological polar surface area (TPSA) is 47.3 Å². The lowest BCUT2D eigenvalue weighted by atomic mass is 9.85. The summed E-state index contributed by atoms with van der Waals surface area (Å²) in [6.45, 7) is 11.2. The number of hydrogen-bond donors (Lipinski definition) is 2. The lowest BCUT2D eigenvalue weighted by Crippen LogP contribution is -2.46. The number of hydrogen-bond acceptors (Lipinski definition) is 3. The molecule has 3 heteroatoms. The predicted molar refractivity (Wildman–Crippen MR) is 76.3 cm³/mol. The van der Waals surface area contributed by atoms with Crippen molar-refractivity contribution in [2.24, 2.45) is 5.84 Å². The van der Waals surface area contributed by atoms with Gasteiger partial charge in [0.05, 0.1) is 11.6 Å². The molecule has 0 heterocycles. The Kier molecular flexibility index (Phi) is 5.32. The van der Waals surface area contributed by atoms with E-state index in [0.717, 1.165) is 6.42 Å². The third kappa shape index (κ3) is 3.10. The minimum absolute atomic E-state index is 0.00218. The van der Waals surface area contributed by atoms with E-state index in [-0.39, 0.29) is 11.6 Å². The third-order valence-electron chi connectivity index (χ3n) is 3.70. The summed E-state index contributed by atoms with van der Waals surface area (Å²) in [6, 6.07) is 6.45. The van der Waals surface area contributed by atoms with Crippen molar-refractivity contribution in [3.8, 4) is 0 Å². The third-order valence-corrected chi connectivity index (χ3v) is 3.70. The van der Waals surface area contributed by atoms with E-state index in [1.807, 2.05) is 6.92 Å². The van der Waals surface area contributed by atoms with E-state index in [9.17, 15) is 0 Å². The molecule has 0 saturated carbocycles. The van der Waals surface area contributed by atoms with Crippen LogP contribution in [0.5, 0.6) is 0 Å². The van der Waals surface area contributed by atoms with Crippen LogP contribution in [0, 0.1) is 13.8 Å². The zero-order valence-electron chi connectivity index (χ0n) is 12.2. The van der Waals surface area contributed by atoms with E-state index < -0.39 is 0 Å². The molecule has 0 saturated heterocycles. The number of aryl methyl sites for hydroxylation is 2. The monoisotopic (exact) mass is 250 g/mol. The lowest BCUT2D eigenvalue weighted by molar-refractivity contribution is -0.0565. The van der Waals surface area contributed by atoms with Crippen LogP contribution >= 0.6 is 0 Å². The first-order valence-electron chi connectivity index (χ1n) is 6.65. The van der Waals surface area contributed by atoms with Crippen LogP contribution < -0.4 is 11.3 Å². The van der Waals surface area contributed by atoms with Gasteiger partial charge in [0.25, 0.3) is 0 Å². The first-order valence-corrected chi connectivity index (χ1v) is 6.65. The van der Waals surface area contributed by atoms with Crippen LogP contribution in [0.3, 0.4) is 0 Å². The average molecular weight is 250 g/mol. The molecule has 1 rings (SSSR count). The first kappa shape index (κ1) is 15.2. The molecule has 0 spiro atoms. The summed E-state index contributed by atoms with van der Waals surface area (Å²) in [7, 11) is 0. The van der Waals surface area contributed by atoms with Crippen molar-refractivity contribution in [2.45, 2.75) is 52.7 Å². The number of benzene rings is 1. The highest BCUT2D eigenvalue weighted by molar-refractivity contribution is 5.34. The highest BCUT2D eigenvalue weighted by Gasteiger charge is 2.34. The number of ether oxygens (including phenoxy) is 1. The van der Waals surface area contributed by atoms with Gasteiger partial charge in [0.2, 0.25) is 0 Å². The number of hydrazine groups is 1. The summed E-state index contributed by atoms with van der Waals surface area (Å²) in [5, 5.41) is 0. The summed E-state index contributed by atoms with van der Waals surface area (Å²) in [4.78, 5) is 0. The van der Waals surface area contributed by atoms with Gasteiger partial charge in [-0.3, -0.25) is 11.3 Å². The van der Waals surface area contributed by atoms with E-state index in [4.69, 9.17) is 10.6 Å². The number of nitrogens with two attached hydrogens (primary N) is 1. The second-order valence-electron chi connectivity index (χ2n) is 5.06. The van der Waals surface area contributed by atoms with E-state index in [0.29, 0.717) is 6.61 Å². The van der Waals surface area contributed by atoms with Crippen molar-refractivity contribution in [3.63, 3.8) is 0 Å². The summed E-state index contributed by atoms with van der Waals surface area (Å²) >= 11 is 0. The zero-order chi connectivity index (χ0) is 13.8. The Balaban J connectivity index is 3.19. The molecule has 0 bridgehead atoms. The summed E-state index contributed by atoms with van der Waals surface area (Å²) in [5.41, 5.74) is 6.35. The largest absolute Gasteiger partial charge is 0.374 e. The van der Waals surface area contributed by atoms with Gasteiger partial charge < -0.3 is 4.74 Å². The maximum absolute atomic E-state index is 5.94. The molecule has 3 nitrogen and oxygen atoms in total. The highest BCUT2D eigenvalue weighted by Crippen LogP contribution is 2.33. The van der Waals surface area contributed by atoms with Gasteiger partial charge in [-0.25, -0.2) is 0 Å². The Labute approximate surface area is 111 Å². The molecule has 0 aromatic heterocycles. The molecule has 2 atom stereocenters. The normalized spacial score (nSPS) is 16.3. The van der Waals surface area contributed by atoms with Gasteiger partial charge in [0.15, 0.2) is 0 Å². The molecule has 1 aromatic rings. The molecule has 1 aromatic carbocycles. The Hall–Kier alpha value is -0.900. The summed E-state index contributed by atoms with van der Waals surface area (Å²) in [5.74, 6) is 5.79. The Morgan fingerprint density at radius 3 is 2.50 bits per heavy atom. The standard InChI is InChI=1S/C15H26N2O/c1-6-15(5,18-7-2)14(17-16)13-10-11(3)8-9-12(13)4/h8-10,14,17H,6-7,16H2,1-5H3. The van der Waals surface area contributed by atoms with Crippen LogP contribution in [0.2, 0.25) is 0 Å². The summed E-state index contributed by atoms with van der Waals surface area (Å²) in [6.07, 6.45) is 0.906. The van der Waals surface area contributed by atoms with E-state index in [1.165, 1.54) is 16.7 Å². The fourth-order valence-corrected chi connectivity index (χ4v) is 2.39. The average Bonchev–Trinajstić information content (AvgIpc) is 2.34. The smallest absolute Gasteiger partial charge is 0.0858 e. The molecule has 0 radical (unpaired) electrons. The van der Waals surface area contributed by atoms with Crippen molar-refractivity contribution < 1.29 is 4.74 Å². The second kappa shape index (κ2) is 6.32. The molecule has 0 fully saturated rings. The molecule has 18 heavy (non-hydrogen) atoms. The number of rotatable bonds is 6. The van der Waals surface area contributed by atoms with Crippen LogP contribution in [0.25, 0.3) is 0 Å². The molecule has 0 aliphatic rings. The summed E-state index contributed by atoms with van der Waals surface area (Å²) < 4.78 is 5.94. The molecular formula is C15H26N2O. The molecule has 0 aliphatic heterocycles. The molecule has 2 unspecified atom stereocenters. The minimum atomic E-state index is -0.290. The van der Waals surface area contributed by atoms with E-state index in [1.54, 1.807) is 0 Å². The minimum Gasteiger partial charge on any atom is -0.374 e. The van der Waals surface area contributed by atoms with E-state index in [2.05, 4.69) is 51.3 Å². The lowest BCUT2D eigenvalue weighted by Gasteiger charge is -2.37. The molecule has 0 aliphatic carbocycles. The van der Waals surface area contributed by atoms with Gasteiger partial charge in [-0.2, -0.15) is 0 Å². The molecule has 0 amide bonds. The maximum atomic E-state index is 5.94.